The van der Waals surface area contributed by atoms with E-state index < -0.39 is 0 Å². The molecule has 2 aromatic carbocycles. The highest BCUT2D eigenvalue weighted by molar-refractivity contribution is 6.05. The number of aryl methyl sites for hydroxylation is 1. The van der Waals surface area contributed by atoms with E-state index in [0.717, 1.165) is 18.7 Å². The first-order valence-electron chi connectivity index (χ1n) is 8.69. The number of morpholine rings is 1. The van der Waals surface area contributed by atoms with E-state index in [1.165, 1.54) is 0 Å². The number of nitrogens with one attached hydrogen (secondary N) is 2. The topological polar surface area (TPSA) is 70.7 Å². The van der Waals surface area contributed by atoms with Gasteiger partial charge in [-0.2, -0.15) is 0 Å². The number of nitrogens with zero attached hydrogens (tertiary/aromatic N) is 1. The summed E-state index contributed by atoms with van der Waals surface area (Å²) in [6.45, 7) is 5.15. The Morgan fingerprint density at radius 2 is 1.58 bits per heavy atom. The van der Waals surface area contributed by atoms with Crippen LogP contribution in [0.1, 0.15) is 15.9 Å². The second-order valence-corrected chi connectivity index (χ2v) is 6.28. The molecule has 0 bridgehead atoms. The highest BCUT2D eigenvalue weighted by atomic mass is 16.5. The summed E-state index contributed by atoms with van der Waals surface area (Å²) in [7, 11) is 0. The van der Waals surface area contributed by atoms with Crippen LogP contribution in [0, 0.1) is 6.92 Å². The molecule has 0 radical (unpaired) electrons. The quantitative estimate of drug-likeness (QED) is 0.867. The molecule has 2 aromatic rings. The molecular weight excluding hydrogens is 330 g/mol. The number of carbonyl (C=O) groups excluding carboxylic acids is 2. The van der Waals surface area contributed by atoms with Crippen LogP contribution in [-0.4, -0.2) is 49.6 Å². The molecule has 6 nitrogen and oxygen atoms in total. The van der Waals surface area contributed by atoms with Crippen LogP contribution in [0.2, 0.25) is 0 Å². The van der Waals surface area contributed by atoms with Crippen molar-refractivity contribution in [3.63, 3.8) is 0 Å². The van der Waals surface area contributed by atoms with Crippen LogP contribution in [-0.2, 0) is 9.53 Å². The lowest BCUT2D eigenvalue weighted by Crippen LogP contribution is -2.41. The van der Waals surface area contributed by atoms with Gasteiger partial charge in [-0.15, -0.1) is 0 Å². The number of hydrogen-bond donors (Lipinski definition) is 2. The van der Waals surface area contributed by atoms with E-state index in [1.807, 2.05) is 25.1 Å². The van der Waals surface area contributed by atoms with Gasteiger partial charge in [0.25, 0.3) is 5.91 Å². The molecule has 0 atom stereocenters. The van der Waals surface area contributed by atoms with Crippen LogP contribution in [0.25, 0.3) is 0 Å². The Labute approximate surface area is 153 Å². The average molecular weight is 353 g/mol. The molecule has 0 spiro atoms. The van der Waals surface area contributed by atoms with Gasteiger partial charge in [0.05, 0.1) is 19.8 Å². The molecule has 3 rings (SSSR count). The molecule has 2 amide bonds. The van der Waals surface area contributed by atoms with E-state index in [1.54, 1.807) is 30.3 Å². The Morgan fingerprint density at radius 1 is 0.962 bits per heavy atom. The average Bonchev–Trinajstić information content (AvgIpc) is 2.64. The van der Waals surface area contributed by atoms with Crippen LogP contribution in [0.4, 0.5) is 11.4 Å². The van der Waals surface area contributed by atoms with Gasteiger partial charge in [0, 0.05) is 30.0 Å². The van der Waals surface area contributed by atoms with Gasteiger partial charge in [-0.3, -0.25) is 14.5 Å². The molecule has 2 N–H and O–H groups in total. The molecule has 26 heavy (non-hydrogen) atoms. The van der Waals surface area contributed by atoms with Gasteiger partial charge in [-0.1, -0.05) is 18.2 Å². The third-order valence-electron chi connectivity index (χ3n) is 4.29. The zero-order chi connectivity index (χ0) is 18.4. The molecule has 1 heterocycles. The lowest BCUT2D eigenvalue weighted by atomic mass is 10.1. The molecular formula is C20H23N3O3. The van der Waals surface area contributed by atoms with Crippen LogP contribution < -0.4 is 10.6 Å². The van der Waals surface area contributed by atoms with Gasteiger partial charge >= 0.3 is 0 Å². The Bertz CT molecular complexity index is 768. The standard InChI is InChI=1S/C20H23N3O3/c1-15-4-2-3-5-18(15)20(25)22-17-8-6-16(7-9-17)21-19(24)14-23-10-12-26-13-11-23/h2-9H,10-14H2,1H3,(H,21,24)(H,22,25). The highest BCUT2D eigenvalue weighted by Gasteiger charge is 2.14. The van der Waals surface area contributed by atoms with Gasteiger partial charge in [0.15, 0.2) is 0 Å². The van der Waals surface area contributed by atoms with Crippen molar-refractivity contribution in [2.45, 2.75) is 6.92 Å². The third kappa shape index (κ3) is 4.91. The zero-order valence-electron chi connectivity index (χ0n) is 14.8. The van der Waals surface area contributed by atoms with E-state index in [4.69, 9.17) is 4.74 Å². The predicted octanol–water partition coefficient (Wildman–Crippen LogP) is 2.52. The van der Waals surface area contributed by atoms with E-state index in [-0.39, 0.29) is 11.8 Å². The fraction of sp³-hybridized carbons (Fsp3) is 0.300. The number of benzene rings is 2. The Kier molecular flexibility index (Phi) is 5.99. The van der Waals surface area contributed by atoms with Crippen LogP contribution in [0.15, 0.2) is 48.5 Å². The molecule has 0 aromatic heterocycles. The number of carbonyl (C=O) groups is 2. The maximum absolute atomic E-state index is 12.3. The fourth-order valence-corrected chi connectivity index (χ4v) is 2.83. The number of rotatable bonds is 5. The van der Waals surface area contributed by atoms with Crippen molar-refractivity contribution >= 4 is 23.2 Å². The normalized spacial score (nSPS) is 14.7. The number of amides is 2. The minimum absolute atomic E-state index is 0.0522. The van der Waals surface area contributed by atoms with E-state index in [2.05, 4.69) is 15.5 Å². The molecule has 0 saturated carbocycles. The van der Waals surface area contributed by atoms with Crippen molar-refractivity contribution in [2.75, 3.05) is 43.5 Å². The van der Waals surface area contributed by atoms with Crippen molar-refractivity contribution in [3.05, 3.63) is 59.7 Å². The summed E-state index contributed by atoms with van der Waals surface area (Å²) in [5.74, 6) is -0.198. The molecule has 1 saturated heterocycles. The summed E-state index contributed by atoms with van der Waals surface area (Å²) < 4.78 is 5.28. The van der Waals surface area contributed by atoms with Crippen LogP contribution in [0.3, 0.4) is 0 Å². The summed E-state index contributed by atoms with van der Waals surface area (Å²) in [6.07, 6.45) is 0. The molecule has 6 heteroatoms. The van der Waals surface area contributed by atoms with Gasteiger partial charge in [-0.25, -0.2) is 0 Å². The first kappa shape index (κ1) is 18.1. The number of hydrogen-bond acceptors (Lipinski definition) is 4. The summed E-state index contributed by atoms with van der Waals surface area (Å²) in [5, 5.41) is 5.75. The minimum atomic E-state index is -0.146. The maximum Gasteiger partial charge on any atom is 0.255 e. The summed E-state index contributed by atoms with van der Waals surface area (Å²) in [5.41, 5.74) is 2.97. The number of anilines is 2. The van der Waals surface area contributed by atoms with Gasteiger partial charge in [0.2, 0.25) is 5.91 Å². The van der Waals surface area contributed by atoms with E-state index in [0.29, 0.717) is 36.7 Å². The van der Waals surface area contributed by atoms with Crippen molar-refractivity contribution in [2.24, 2.45) is 0 Å². The lowest BCUT2D eigenvalue weighted by Gasteiger charge is -2.25. The molecule has 1 aliphatic heterocycles. The summed E-state index contributed by atoms with van der Waals surface area (Å²) in [4.78, 5) is 26.5. The molecule has 0 aliphatic carbocycles. The first-order chi connectivity index (χ1) is 12.6. The summed E-state index contributed by atoms with van der Waals surface area (Å²) >= 11 is 0. The zero-order valence-corrected chi connectivity index (χ0v) is 14.8. The Morgan fingerprint density at radius 3 is 2.23 bits per heavy atom. The smallest absolute Gasteiger partial charge is 0.255 e. The lowest BCUT2D eigenvalue weighted by molar-refractivity contribution is -0.118. The second kappa shape index (κ2) is 8.60. The monoisotopic (exact) mass is 353 g/mol. The van der Waals surface area contributed by atoms with Crippen LogP contribution in [0.5, 0.6) is 0 Å². The van der Waals surface area contributed by atoms with Gasteiger partial charge < -0.3 is 15.4 Å². The fourth-order valence-electron chi connectivity index (χ4n) is 2.83. The minimum Gasteiger partial charge on any atom is -0.379 e. The highest BCUT2D eigenvalue weighted by Crippen LogP contribution is 2.16. The van der Waals surface area contributed by atoms with Crippen molar-refractivity contribution in [1.82, 2.24) is 4.90 Å². The molecule has 136 valence electrons. The van der Waals surface area contributed by atoms with Crippen LogP contribution >= 0.6 is 0 Å². The van der Waals surface area contributed by atoms with E-state index in [9.17, 15) is 9.59 Å². The third-order valence-corrected chi connectivity index (χ3v) is 4.29. The van der Waals surface area contributed by atoms with Gasteiger partial charge in [0.1, 0.15) is 0 Å². The molecule has 1 aliphatic rings. The first-order valence-corrected chi connectivity index (χ1v) is 8.69. The molecule has 0 unspecified atom stereocenters. The Balaban J connectivity index is 1.54. The Hall–Kier alpha value is -2.70. The van der Waals surface area contributed by atoms with Crippen molar-refractivity contribution < 1.29 is 14.3 Å². The van der Waals surface area contributed by atoms with Gasteiger partial charge in [-0.05, 0) is 42.8 Å². The predicted molar refractivity (Wildman–Crippen MR) is 101 cm³/mol. The molecule has 1 fully saturated rings. The maximum atomic E-state index is 12.3. The van der Waals surface area contributed by atoms with Crippen molar-refractivity contribution in [1.29, 1.82) is 0 Å². The van der Waals surface area contributed by atoms with E-state index >= 15 is 0 Å². The van der Waals surface area contributed by atoms with Crippen molar-refractivity contribution in [3.8, 4) is 0 Å². The summed E-state index contributed by atoms with van der Waals surface area (Å²) in [6, 6.07) is 14.6. The largest absolute Gasteiger partial charge is 0.379 e. The SMILES string of the molecule is Cc1ccccc1C(=O)Nc1ccc(NC(=O)CN2CCOCC2)cc1. The second-order valence-electron chi connectivity index (χ2n) is 6.28. The number of ether oxygens (including phenoxy) is 1.